The Morgan fingerprint density at radius 2 is 1.92 bits per heavy atom. The van der Waals surface area contributed by atoms with Gasteiger partial charge in [0, 0.05) is 7.05 Å². The molecule has 0 aromatic heterocycles. The Labute approximate surface area is 141 Å². The molecule has 1 aromatic carbocycles. The molecule has 0 saturated carbocycles. The van der Waals surface area contributed by atoms with Gasteiger partial charge in [-0.1, -0.05) is 13.8 Å². The highest BCUT2D eigenvalue weighted by Gasteiger charge is 2.18. The standard InChI is InChI=1S/C16H24N4O4/c1-9(2)14(17)16(23)19-8-13(21)20-12-6-5-10(24-4)7-11(12)15(22)18-3/h5-7,9,14H,8,17H2,1-4H3,(H,18,22)(H,19,23)(H,20,21)/t14-/m0/s1. The van der Waals surface area contributed by atoms with E-state index in [1.807, 2.05) is 13.8 Å². The van der Waals surface area contributed by atoms with Crippen molar-refractivity contribution in [3.05, 3.63) is 23.8 Å². The number of ether oxygens (including phenoxy) is 1. The van der Waals surface area contributed by atoms with Gasteiger partial charge in [0.25, 0.3) is 5.91 Å². The van der Waals surface area contributed by atoms with E-state index in [4.69, 9.17) is 10.5 Å². The number of hydrogen-bond acceptors (Lipinski definition) is 5. The lowest BCUT2D eigenvalue weighted by molar-refractivity contribution is -0.125. The highest BCUT2D eigenvalue weighted by Crippen LogP contribution is 2.22. The lowest BCUT2D eigenvalue weighted by Crippen LogP contribution is -2.46. The Morgan fingerprint density at radius 3 is 2.46 bits per heavy atom. The number of benzene rings is 1. The Morgan fingerprint density at radius 1 is 1.25 bits per heavy atom. The first-order valence-electron chi connectivity index (χ1n) is 7.53. The Hall–Kier alpha value is -2.61. The van der Waals surface area contributed by atoms with Crippen LogP contribution in [0.2, 0.25) is 0 Å². The van der Waals surface area contributed by atoms with Gasteiger partial charge in [-0.2, -0.15) is 0 Å². The molecule has 0 unspecified atom stereocenters. The molecular formula is C16H24N4O4. The van der Waals surface area contributed by atoms with Gasteiger partial charge in [-0.25, -0.2) is 0 Å². The lowest BCUT2D eigenvalue weighted by atomic mass is 10.1. The lowest BCUT2D eigenvalue weighted by Gasteiger charge is -2.16. The molecule has 5 N–H and O–H groups in total. The van der Waals surface area contributed by atoms with Crippen LogP contribution >= 0.6 is 0 Å². The molecule has 0 fully saturated rings. The van der Waals surface area contributed by atoms with E-state index in [2.05, 4.69) is 16.0 Å². The maximum absolute atomic E-state index is 12.0. The Kier molecular flexibility index (Phi) is 7.19. The second-order valence-electron chi connectivity index (χ2n) is 5.53. The van der Waals surface area contributed by atoms with Crippen LogP contribution in [0, 0.1) is 5.92 Å². The van der Waals surface area contributed by atoms with E-state index >= 15 is 0 Å². The molecule has 0 radical (unpaired) electrons. The number of nitrogens with two attached hydrogens (primary N) is 1. The summed E-state index contributed by atoms with van der Waals surface area (Å²) in [6.45, 7) is 3.40. The highest BCUT2D eigenvalue weighted by molar-refractivity contribution is 6.04. The molecular weight excluding hydrogens is 312 g/mol. The molecule has 1 rings (SSSR count). The van der Waals surface area contributed by atoms with Gasteiger partial charge in [0.15, 0.2) is 0 Å². The number of carbonyl (C=O) groups excluding carboxylic acids is 3. The van der Waals surface area contributed by atoms with E-state index in [-0.39, 0.29) is 23.9 Å². The summed E-state index contributed by atoms with van der Waals surface area (Å²) in [7, 11) is 2.97. The third kappa shape index (κ3) is 5.24. The second kappa shape index (κ2) is 8.88. The van der Waals surface area contributed by atoms with Crippen molar-refractivity contribution in [3.63, 3.8) is 0 Å². The van der Waals surface area contributed by atoms with E-state index in [9.17, 15) is 14.4 Å². The minimum Gasteiger partial charge on any atom is -0.497 e. The molecule has 0 aliphatic carbocycles. The fraction of sp³-hybridized carbons (Fsp3) is 0.438. The van der Waals surface area contributed by atoms with Crippen LogP contribution in [-0.4, -0.2) is 44.5 Å². The van der Waals surface area contributed by atoms with Crippen LogP contribution in [0.5, 0.6) is 5.75 Å². The van der Waals surface area contributed by atoms with Crippen molar-refractivity contribution < 1.29 is 19.1 Å². The average molecular weight is 336 g/mol. The van der Waals surface area contributed by atoms with Crippen LogP contribution < -0.4 is 26.4 Å². The van der Waals surface area contributed by atoms with Gasteiger partial charge < -0.3 is 26.4 Å². The molecule has 3 amide bonds. The number of amides is 3. The SMILES string of the molecule is CNC(=O)c1cc(OC)ccc1NC(=O)CNC(=O)[C@@H](N)C(C)C. The topological polar surface area (TPSA) is 123 Å². The first kappa shape index (κ1) is 19.4. The van der Waals surface area contributed by atoms with Gasteiger partial charge in [0.1, 0.15) is 5.75 Å². The van der Waals surface area contributed by atoms with Gasteiger partial charge in [-0.15, -0.1) is 0 Å². The summed E-state index contributed by atoms with van der Waals surface area (Å²) in [4.78, 5) is 35.7. The molecule has 0 saturated heterocycles. The van der Waals surface area contributed by atoms with Crippen LogP contribution in [0.25, 0.3) is 0 Å². The molecule has 0 spiro atoms. The zero-order valence-corrected chi connectivity index (χ0v) is 14.3. The van der Waals surface area contributed by atoms with Crippen LogP contribution in [0.1, 0.15) is 24.2 Å². The number of methoxy groups -OCH3 is 1. The zero-order chi connectivity index (χ0) is 18.3. The number of carbonyl (C=O) groups is 3. The Balaban J connectivity index is 2.76. The molecule has 24 heavy (non-hydrogen) atoms. The van der Waals surface area contributed by atoms with Crippen molar-refractivity contribution in [2.75, 3.05) is 26.0 Å². The zero-order valence-electron chi connectivity index (χ0n) is 14.3. The number of nitrogens with one attached hydrogen (secondary N) is 3. The molecule has 8 heteroatoms. The van der Waals surface area contributed by atoms with E-state index in [1.165, 1.54) is 20.2 Å². The van der Waals surface area contributed by atoms with Gasteiger partial charge in [-0.3, -0.25) is 14.4 Å². The molecule has 0 bridgehead atoms. The molecule has 0 heterocycles. The fourth-order valence-corrected chi connectivity index (χ4v) is 1.86. The second-order valence-corrected chi connectivity index (χ2v) is 5.53. The molecule has 0 aliphatic heterocycles. The first-order valence-corrected chi connectivity index (χ1v) is 7.53. The van der Waals surface area contributed by atoms with E-state index in [0.29, 0.717) is 11.4 Å². The number of rotatable bonds is 7. The summed E-state index contributed by atoms with van der Waals surface area (Å²) in [6.07, 6.45) is 0. The van der Waals surface area contributed by atoms with Gasteiger partial charge in [0.2, 0.25) is 11.8 Å². The van der Waals surface area contributed by atoms with Gasteiger partial charge in [0.05, 0.1) is 30.9 Å². The Bertz CT molecular complexity index is 616. The van der Waals surface area contributed by atoms with Crippen LogP contribution in [-0.2, 0) is 9.59 Å². The number of anilines is 1. The minimum atomic E-state index is -0.680. The van der Waals surface area contributed by atoms with Crippen molar-refractivity contribution in [3.8, 4) is 5.75 Å². The molecule has 1 aromatic rings. The van der Waals surface area contributed by atoms with Crippen molar-refractivity contribution in [2.24, 2.45) is 11.7 Å². The molecule has 0 aliphatic rings. The predicted octanol–water partition coefficient (Wildman–Crippen LogP) is 0.0928. The summed E-state index contributed by atoms with van der Waals surface area (Å²) in [6, 6.07) is 4.01. The van der Waals surface area contributed by atoms with Crippen molar-refractivity contribution in [2.45, 2.75) is 19.9 Å². The predicted molar refractivity (Wildman–Crippen MR) is 90.8 cm³/mol. The molecule has 1 atom stereocenters. The summed E-state index contributed by atoms with van der Waals surface area (Å²) < 4.78 is 5.07. The van der Waals surface area contributed by atoms with Gasteiger partial charge in [-0.05, 0) is 24.1 Å². The maximum Gasteiger partial charge on any atom is 0.253 e. The smallest absolute Gasteiger partial charge is 0.253 e. The normalized spacial score (nSPS) is 11.6. The van der Waals surface area contributed by atoms with Crippen molar-refractivity contribution >= 4 is 23.4 Å². The quantitative estimate of drug-likeness (QED) is 0.562. The fourth-order valence-electron chi connectivity index (χ4n) is 1.86. The minimum absolute atomic E-state index is 0.0329. The van der Waals surface area contributed by atoms with Crippen molar-refractivity contribution in [1.82, 2.24) is 10.6 Å². The third-order valence-electron chi connectivity index (χ3n) is 3.42. The van der Waals surface area contributed by atoms with Crippen LogP contribution in [0.3, 0.4) is 0 Å². The summed E-state index contributed by atoms with van der Waals surface area (Å²) in [5.41, 5.74) is 6.28. The maximum atomic E-state index is 12.0. The third-order valence-corrected chi connectivity index (χ3v) is 3.42. The van der Waals surface area contributed by atoms with Crippen LogP contribution in [0.4, 0.5) is 5.69 Å². The van der Waals surface area contributed by atoms with Crippen LogP contribution in [0.15, 0.2) is 18.2 Å². The van der Waals surface area contributed by atoms with E-state index in [1.54, 1.807) is 12.1 Å². The largest absolute Gasteiger partial charge is 0.497 e. The highest BCUT2D eigenvalue weighted by atomic mass is 16.5. The first-order chi connectivity index (χ1) is 11.3. The summed E-state index contributed by atoms with van der Waals surface area (Å²) >= 11 is 0. The average Bonchev–Trinajstić information content (AvgIpc) is 2.58. The van der Waals surface area contributed by atoms with E-state index in [0.717, 1.165) is 0 Å². The van der Waals surface area contributed by atoms with E-state index < -0.39 is 17.9 Å². The molecule has 8 nitrogen and oxygen atoms in total. The summed E-state index contributed by atoms with van der Waals surface area (Å²) in [5, 5.41) is 7.55. The monoisotopic (exact) mass is 336 g/mol. The van der Waals surface area contributed by atoms with Crippen molar-refractivity contribution in [1.29, 1.82) is 0 Å². The number of hydrogen-bond donors (Lipinski definition) is 4. The van der Waals surface area contributed by atoms with Gasteiger partial charge >= 0.3 is 0 Å². The summed E-state index contributed by atoms with van der Waals surface area (Å²) in [5.74, 6) is -0.775. The molecule has 132 valence electrons.